The van der Waals surface area contributed by atoms with Crippen molar-refractivity contribution >= 4 is 17.7 Å². The zero-order valence-corrected chi connectivity index (χ0v) is 9.54. The molecule has 1 aromatic rings. The summed E-state index contributed by atoms with van der Waals surface area (Å²) in [5.74, 6) is 2.09. The van der Waals surface area contributed by atoms with E-state index in [9.17, 15) is 0 Å². The van der Waals surface area contributed by atoms with Crippen LogP contribution in [0.5, 0.6) is 0 Å². The third kappa shape index (κ3) is 2.88. The molecule has 0 saturated heterocycles. The Morgan fingerprint density at radius 1 is 1.57 bits per heavy atom. The number of nitrogens with zero attached hydrogens (tertiary/aromatic N) is 3. The molecule has 0 amide bonds. The number of thioether (sulfide) groups is 1. The molecule has 1 rings (SSSR count). The second-order valence-electron chi connectivity index (χ2n) is 3.22. The second kappa shape index (κ2) is 5.21. The first-order valence-electron chi connectivity index (χ1n) is 4.40. The van der Waals surface area contributed by atoms with Crippen LogP contribution in [0, 0.1) is 0 Å². The predicted molar refractivity (Wildman–Crippen MR) is 58.6 cm³/mol. The highest BCUT2D eigenvalue weighted by Gasteiger charge is 2.14. The van der Waals surface area contributed by atoms with Gasteiger partial charge >= 0.3 is 0 Å². The molecule has 1 heterocycles. The summed E-state index contributed by atoms with van der Waals surface area (Å²) in [4.78, 5) is 5.96. The molecule has 1 aromatic heterocycles. The van der Waals surface area contributed by atoms with Gasteiger partial charge in [0.25, 0.3) is 5.95 Å². The molecule has 5 nitrogen and oxygen atoms in total. The van der Waals surface area contributed by atoms with Crippen molar-refractivity contribution in [1.82, 2.24) is 10.1 Å². The van der Waals surface area contributed by atoms with Gasteiger partial charge in [-0.3, -0.25) is 0 Å². The van der Waals surface area contributed by atoms with Gasteiger partial charge in [-0.1, -0.05) is 0 Å². The molecule has 0 aromatic carbocycles. The number of nitrogens with two attached hydrogens (primary N) is 1. The molecular formula is C8H16N4OS. The van der Waals surface area contributed by atoms with Crippen molar-refractivity contribution in [1.29, 1.82) is 0 Å². The normalized spacial score (nSPS) is 12.9. The number of aromatic nitrogens is 2. The van der Waals surface area contributed by atoms with E-state index in [1.54, 1.807) is 16.7 Å². The molecule has 14 heavy (non-hydrogen) atoms. The summed E-state index contributed by atoms with van der Waals surface area (Å²) in [6, 6.07) is -0.149. The standard InChI is InChI=1S/C8H16N4OS/c1-12(2)8-10-7(13-11-8)6(9)4-5-14-3/h6H,4-5,9H2,1-3H3/t6-/m1/s1. The van der Waals surface area contributed by atoms with Gasteiger partial charge in [0.2, 0.25) is 5.89 Å². The third-order valence-corrected chi connectivity index (χ3v) is 2.43. The fourth-order valence-electron chi connectivity index (χ4n) is 0.928. The van der Waals surface area contributed by atoms with Crippen molar-refractivity contribution < 1.29 is 4.52 Å². The average molecular weight is 216 g/mol. The third-order valence-electron chi connectivity index (χ3n) is 1.78. The van der Waals surface area contributed by atoms with Crippen LogP contribution >= 0.6 is 11.8 Å². The van der Waals surface area contributed by atoms with Gasteiger partial charge in [0, 0.05) is 14.1 Å². The van der Waals surface area contributed by atoms with Crippen molar-refractivity contribution in [3.05, 3.63) is 5.89 Å². The van der Waals surface area contributed by atoms with Crippen LogP contribution < -0.4 is 10.6 Å². The monoisotopic (exact) mass is 216 g/mol. The highest BCUT2D eigenvalue weighted by Crippen LogP contribution is 2.16. The fraction of sp³-hybridized carbons (Fsp3) is 0.750. The Labute approximate surface area is 88.0 Å². The van der Waals surface area contributed by atoms with Gasteiger partial charge in [0.15, 0.2) is 0 Å². The minimum absolute atomic E-state index is 0.149. The van der Waals surface area contributed by atoms with Crippen molar-refractivity contribution in [2.24, 2.45) is 5.73 Å². The Balaban J connectivity index is 2.57. The minimum atomic E-state index is -0.149. The van der Waals surface area contributed by atoms with Crippen LogP contribution in [-0.2, 0) is 0 Å². The predicted octanol–water partition coefficient (Wildman–Crippen LogP) is 0.888. The summed E-state index contributed by atoms with van der Waals surface area (Å²) in [7, 11) is 3.73. The van der Waals surface area contributed by atoms with Gasteiger partial charge in [0.1, 0.15) is 0 Å². The van der Waals surface area contributed by atoms with Crippen molar-refractivity contribution in [2.75, 3.05) is 31.0 Å². The summed E-state index contributed by atoms with van der Waals surface area (Å²) < 4.78 is 5.05. The fourth-order valence-corrected chi connectivity index (χ4v) is 1.42. The molecule has 0 radical (unpaired) electrons. The van der Waals surface area contributed by atoms with Crippen molar-refractivity contribution in [2.45, 2.75) is 12.5 Å². The summed E-state index contributed by atoms with van der Waals surface area (Å²) in [5.41, 5.74) is 5.87. The zero-order valence-electron chi connectivity index (χ0n) is 8.73. The molecule has 0 aliphatic heterocycles. The SMILES string of the molecule is CSCC[C@@H](N)c1nc(N(C)C)no1. The van der Waals surface area contributed by atoms with E-state index < -0.39 is 0 Å². The lowest BCUT2D eigenvalue weighted by Gasteiger charge is -2.05. The number of rotatable bonds is 5. The highest BCUT2D eigenvalue weighted by atomic mass is 32.2. The van der Waals surface area contributed by atoms with Gasteiger partial charge in [-0.05, 0) is 23.6 Å². The molecule has 0 saturated carbocycles. The van der Waals surface area contributed by atoms with Crippen LogP contribution in [-0.4, -0.2) is 36.2 Å². The molecule has 2 N–H and O–H groups in total. The average Bonchev–Trinajstić information content (AvgIpc) is 2.62. The Morgan fingerprint density at radius 3 is 2.79 bits per heavy atom. The summed E-state index contributed by atoms with van der Waals surface area (Å²) in [6.45, 7) is 0. The van der Waals surface area contributed by atoms with Gasteiger partial charge in [-0.25, -0.2) is 0 Å². The lowest BCUT2D eigenvalue weighted by atomic mass is 10.2. The van der Waals surface area contributed by atoms with E-state index in [1.807, 2.05) is 20.4 Å². The van der Waals surface area contributed by atoms with Gasteiger partial charge in [0.05, 0.1) is 6.04 Å². The Hall–Kier alpha value is -0.750. The molecule has 0 aliphatic carbocycles. The quantitative estimate of drug-likeness (QED) is 0.788. The smallest absolute Gasteiger partial charge is 0.265 e. The molecule has 0 fully saturated rings. The van der Waals surface area contributed by atoms with E-state index in [2.05, 4.69) is 10.1 Å². The Kier molecular flexibility index (Phi) is 4.21. The lowest BCUT2D eigenvalue weighted by Crippen LogP contribution is -2.13. The van der Waals surface area contributed by atoms with Crippen LogP contribution in [0.15, 0.2) is 4.52 Å². The number of anilines is 1. The van der Waals surface area contributed by atoms with Gasteiger partial charge < -0.3 is 15.2 Å². The van der Waals surface area contributed by atoms with E-state index in [0.717, 1.165) is 12.2 Å². The number of hydrogen-bond donors (Lipinski definition) is 1. The Morgan fingerprint density at radius 2 is 2.29 bits per heavy atom. The largest absolute Gasteiger partial charge is 0.344 e. The van der Waals surface area contributed by atoms with Crippen molar-refractivity contribution in [3.8, 4) is 0 Å². The van der Waals surface area contributed by atoms with E-state index in [-0.39, 0.29) is 6.04 Å². The molecule has 0 aliphatic rings. The molecule has 0 unspecified atom stereocenters. The van der Waals surface area contributed by atoms with Crippen LogP contribution in [0.25, 0.3) is 0 Å². The number of hydrogen-bond acceptors (Lipinski definition) is 6. The van der Waals surface area contributed by atoms with E-state index in [1.165, 1.54) is 0 Å². The van der Waals surface area contributed by atoms with E-state index >= 15 is 0 Å². The maximum atomic E-state index is 5.87. The Bertz CT molecular complexity index is 276. The van der Waals surface area contributed by atoms with Crippen LogP contribution in [0.2, 0.25) is 0 Å². The maximum absolute atomic E-state index is 5.87. The zero-order chi connectivity index (χ0) is 10.6. The highest BCUT2D eigenvalue weighted by molar-refractivity contribution is 7.98. The summed E-state index contributed by atoms with van der Waals surface area (Å²) >= 11 is 1.76. The summed E-state index contributed by atoms with van der Waals surface area (Å²) in [6.07, 6.45) is 2.90. The van der Waals surface area contributed by atoms with Crippen molar-refractivity contribution in [3.63, 3.8) is 0 Å². The van der Waals surface area contributed by atoms with Crippen LogP contribution in [0.3, 0.4) is 0 Å². The van der Waals surface area contributed by atoms with E-state index in [0.29, 0.717) is 11.8 Å². The molecule has 1 atom stereocenters. The molecular weight excluding hydrogens is 200 g/mol. The molecule has 0 spiro atoms. The van der Waals surface area contributed by atoms with Crippen LogP contribution in [0.1, 0.15) is 18.4 Å². The lowest BCUT2D eigenvalue weighted by molar-refractivity contribution is 0.352. The van der Waals surface area contributed by atoms with Gasteiger partial charge in [-0.2, -0.15) is 16.7 Å². The molecule has 6 heteroatoms. The maximum Gasteiger partial charge on any atom is 0.265 e. The topological polar surface area (TPSA) is 68.2 Å². The minimum Gasteiger partial charge on any atom is -0.344 e. The van der Waals surface area contributed by atoms with E-state index in [4.69, 9.17) is 10.3 Å². The van der Waals surface area contributed by atoms with Gasteiger partial charge in [-0.15, -0.1) is 0 Å². The molecule has 0 bridgehead atoms. The molecule has 80 valence electrons. The summed E-state index contributed by atoms with van der Waals surface area (Å²) in [5, 5.41) is 3.80. The first-order chi connectivity index (χ1) is 6.65. The van der Waals surface area contributed by atoms with Crippen LogP contribution in [0.4, 0.5) is 5.95 Å². The first kappa shape index (κ1) is 11.3. The second-order valence-corrected chi connectivity index (χ2v) is 4.20. The first-order valence-corrected chi connectivity index (χ1v) is 5.80.